The molecule has 0 saturated heterocycles. The Hall–Kier alpha value is -2.82. The van der Waals surface area contributed by atoms with Gasteiger partial charge in [0.2, 0.25) is 0 Å². The maximum Gasteiger partial charge on any atom is 0.169 e. The molecule has 216 valence electrons. The summed E-state index contributed by atoms with van der Waals surface area (Å²) in [5.74, 6) is 1.43. The van der Waals surface area contributed by atoms with Crippen LogP contribution >= 0.6 is 0 Å². The molecule has 6 rings (SSSR count). The second-order valence-corrected chi connectivity index (χ2v) is 10.6. The first-order chi connectivity index (χ1) is 18.6. The molecule has 0 N–H and O–H groups in total. The predicted molar refractivity (Wildman–Crippen MR) is 150 cm³/mol. The van der Waals surface area contributed by atoms with Gasteiger partial charge in [-0.05, 0) is 47.9 Å². The second-order valence-electron chi connectivity index (χ2n) is 10.6. The van der Waals surface area contributed by atoms with Crippen LogP contribution in [-0.2, 0) is 44.3 Å². The van der Waals surface area contributed by atoms with E-state index < -0.39 is 0 Å². The summed E-state index contributed by atoms with van der Waals surface area (Å²) in [6.07, 6.45) is 31.4. The van der Waals surface area contributed by atoms with E-state index in [1.54, 1.807) is 0 Å². The Bertz CT molecular complexity index is 1260. The minimum absolute atomic E-state index is 0. The summed E-state index contributed by atoms with van der Waals surface area (Å²) >= 11 is 0. The van der Waals surface area contributed by atoms with Crippen LogP contribution in [0.4, 0.5) is 0 Å². The minimum Gasteiger partial charge on any atom is -1.00 e. The number of aromatic nitrogens is 4. The Kier molecular flexibility index (Phi) is 14.4. The summed E-state index contributed by atoms with van der Waals surface area (Å²) in [6.45, 7) is 2.20. The van der Waals surface area contributed by atoms with Crippen LogP contribution in [0, 0.1) is 11.8 Å². The molecule has 0 fully saturated rings. The monoisotopic (exact) mass is 630 g/mol. The number of rotatable bonds is 6. The van der Waals surface area contributed by atoms with Gasteiger partial charge in [0.1, 0.15) is 14.1 Å². The Morgan fingerprint density at radius 1 is 0.512 bits per heavy atom. The third-order valence-corrected chi connectivity index (χ3v) is 7.52. The Labute approximate surface area is 268 Å². The van der Waals surface area contributed by atoms with E-state index in [0.29, 0.717) is 11.8 Å². The van der Waals surface area contributed by atoms with Crippen LogP contribution in [0.15, 0.2) is 122 Å². The van der Waals surface area contributed by atoms with Crippen LogP contribution in [-0.4, -0.2) is 0 Å². The predicted octanol–water partition coefficient (Wildman–Crippen LogP) is -1.13. The van der Waals surface area contributed by atoms with Crippen molar-refractivity contribution in [2.45, 2.75) is 38.8 Å². The minimum atomic E-state index is 0. The van der Waals surface area contributed by atoms with Gasteiger partial charge in [0.15, 0.2) is 62.7 Å². The second kappa shape index (κ2) is 17.2. The van der Waals surface area contributed by atoms with Crippen molar-refractivity contribution in [1.82, 2.24) is 0 Å². The third kappa shape index (κ3) is 10.2. The molecule has 0 amide bonds. The molecule has 4 aromatic heterocycles. The van der Waals surface area contributed by atoms with Gasteiger partial charge in [-0.25, -0.2) is 18.3 Å². The quantitative estimate of drug-likeness (QED) is 0.146. The fourth-order valence-electron chi connectivity index (χ4n) is 5.17. The molecule has 0 radical (unpaired) electrons. The molecule has 0 spiro atoms. The van der Waals surface area contributed by atoms with Crippen LogP contribution < -0.4 is 43.1 Å². The Balaban J connectivity index is 0.000000267. The Morgan fingerprint density at radius 3 is 1.07 bits per heavy atom. The number of pyridine rings is 4. The van der Waals surface area contributed by atoms with Crippen LogP contribution in [0.25, 0.3) is 22.3 Å². The maximum atomic E-state index is 2.35. The molecule has 4 heterocycles. The standard InChI is InChI=1S/2C17H20N2.2ClH.Fe/c2*1-18-10-6-16(7-11-18)17-8-12-19(13-9-17)14-15-4-2-3-5-15;;;/h2*2,4,6-13,15H,3,5,14H2,1H3;2*1H;/q2*+2;;;/p-2/t2*15-;;;/m11.../s1. The molecule has 0 unspecified atom stereocenters. The van der Waals surface area contributed by atoms with E-state index in [0.717, 1.165) is 13.1 Å². The number of hydrogen-bond acceptors (Lipinski definition) is 0. The van der Waals surface area contributed by atoms with Gasteiger partial charge < -0.3 is 24.8 Å². The molecule has 7 heteroatoms. The number of halogens is 2. The molecule has 0 bridgehead atoms. The van der Waals surface area contributed by atoms with Gasteiger partial charge in [0.05, 0.1) is 0 Å². The van der Waals surface area contributed by atoms with E-state index in [2.05, 4.69) is 141 Å². The zero-order valence-corrected chi connectivity index (χ0v) is 26.5. The summed E-state index contributed by atoms with van der Waals surface area (Å²) in [5.41, 5.74) is 5.09. The summed E-state index contributed by atoms with van der Waals surface area (Å²) in [5, 5.41) is 0. The van der Waals surface area contributed by atoms with Crippen molar-refractivity contribution >= 4 is 0 Å². The van der Waals surface area contributed by atoms with Crippen LogP contribution in [0.2, 0.25) is 0 Å². The molecule has 0 aromatic carbocycles. The molecular weight excluding hydrogens is 591 g/mol. The smallest absolute Gasteiger partial charge is 0.169 e. The van der Waals surface area contributed by atoms with E-state index in [-0.39, 0.29) is 41.9 Å². The van der Waals surface area contributed by atoms with Crippen LogP contribution in [0.5, 0.6) is 0 Å². The number of hydrogen-bond donors (Lipinski definition) is 0. The molecule has 2 aliphatic rings. The largest absolute Gasteiger partial charge is 1.00 e. The first kappa shape index (κ1) is 34.4. The average Bonchev–Trinajstić information content (AvgIpc) is 3.66. The van der Waals surface area contributed by atoms with E-state index >= 15 is 0 Å². The van der Waals surface area contributed by atoms with Crippen molar-refractivity contribution in [1.29, 1.82) is 0 Å². The molecule has 4 aromatic rings. The molecule has 0 aliphatic heterocycles. The van der Waals surface area contributed by atoms with Crippen LogP contribution in [0.1, 0.15) is 25.7 Å². The Morgan fingerprint density at radius 2 is 0.805 bits per heavy atom. The van der Waals surface area contributed by atoms with Gasteiger partial charge in [-0.15, -0.1) is 0 Å². The summed E-state index contributed by atoms with van der Waals surface area (Å²) in [6, 6.07) is 17.4. The van der Waals surface area contributed by atoms with Gasteiger partial charge >= 0.3 is 0 Å². The van der Waals surface area contributed by atoms with Crippen molar-refractivity contribution in [2.24, 2.45) is 25.9 Å². The van der Waals surface area contributed by atoms with Gasteiger partial charge in [-0.3, -0.25) is 0 Å². The first-order valence-corrected chi connectivity index (χ1v) is 13.9. The van der Waals surface area contributed by atoms with Gasteiger partial charge in [0.25, 0.3) is 0 Å². The van der Waals surface area contributed by atoms with Crippen molar-refractivity contribution in [3.63, 3.8) is 0 Å². The zero-order valence-electron chi connectivity index (χ0n) is 23.8. The van der Waals surface area contributed by atoms with Crippen molar-refractivity contribution in [3.8, 4) is 22.3 Å². The van der Waals surface area contributed by atoms with Crippen molar-refractivity contribution in [3.05, 3.63) is 122 Å². The van der Waals surface area contributed by atoms with Crippen molar-refractivity contribution < 1.29 is 60.2 Å². The number of aryl methyl sites for hydroxylation is 2. The zero-order chi connectivity index (χ0) is 26.2. The van der Waals surface area contributed by atoms with E-state index in [1.165, 1.54) is 47.9 Å². The molecule has 4 nitrogen and oxygen atoms in total. The molecule has 0 saturated carbocycles. The summed E-state index contributed by atoms with van der Waals surface area (Å²) in [4.78, 5) is 0. The first-order valence-electron chi connectivity index (χ1n) is 13.9. The summed E-state index contributed by atoms with van der Waals surface area (Å²) < 4.78 is 8.68. The van der Waals surface area contributed by atoms with Crippen LogP contribution in [0.3, 0.4) is 0 Å². The number of allylic oxidation sites excluding steroid dienone is 4. The van der Waals surface area contributed by atoms with Gasteiger partial charge in [0, 0.05) is 77.4 Å². The molecule has 2 atom stereocenters. The molecule has 2 aliphatic carbocycles. The number of nitrogens with zero attached hydrogens (tertiary/aromatic N) is 4. The average molecular weight is 631 g/mol. The van der Waals surface area contributed by atoms with E-state index in [4.69, 9.17) is 0 Å². The van der Waals surface area contributed by atoms with Crippen molar-refractivity contribution in [2.75, 3.05) is 0 Å². The fourth-order valence-corrected chi connectivity index (χ4v) is 5.17. The maximum absolute atomic E-state index is 2.35. The van der Waals surface area contributed by atoms with E-state index in [1.807, 2.05) is 14.1 Å². The summed E-state index contributed by atoms with van der Waals surface area (Å²) in [7, 11) is 4.08. The van der Waals surface area contributed by atoms with Gasteiger partial charge in [-0.1, -0.05) is 24.3 Å². The molecule has 41 heavy (non-hydrogen) atoms. The van der Waals surface area contributed by atoms with Gasteiger partial charge in [-0.2, -0.15) is 0 Å². The van der Waals surface area contributed by atoms with E-state index in [9.17, 15) is 0 Å². The molecular formula is C34H40Cl2FeN4+2. The topological polar surface area (TPSA) is 15.5 Å². The normalized spacial score (nSPS) is 16.5. The fraction of sp³-hybridized carbons (Fsp3) is 0.294. The SMILES string of the molecule is C[n+]1ccc(-c2cc[n+](C[C@@H]3C=CCC3)cc2)cc1.C[n+]1ccc(-c2cc[n+](C[C@@H]3C=CCC3)cc2)cc1.[Cl-].[Cl-].[Fe]. The third-order valence-electron chi connectivity index (χ3n) is 7.52.